The van der Waals surface area contributed by atoms with Crippen molar-refractivity contribution in [2.45, 2.75) is 32.2 Å². The van der Waals surface area contributed by atoms with Crippen LogP contribution >= 0.6 is 15.9 Å². The first-order chi connectivity index (χ1) is 9.15. The van der Waals surface area contributed by atoms with Gasteiger partial charge >= 0.3 is 0 Å². The summed E-state index contributed by atoms with van der Waals surface area (Å²) in [5, 5.41) is 0. The van der Waals surface area contributed by atoms with E-state index in [2.05, 4.69) is 20.8 Å². The van der Waals surface area contributed by atoms with E-state index in [0.717, 1.165) is 25.2 Å². The minimum absolute atomic E-state index is 0.0356. The van der Waals surface area contributed by atoms with Crippen molar-refractivity contribution < 1.29 is 9.21 Å². The zero-order valence-electron chi connectivity index (χ0n) is 11.2. The number of piperidine rings is 1. The van der Waals surface area contributed by atoms with Crippen molar-refractivity contribution in [1.29, 1.82) is 0 Å². The molecule has 2 aliphatic rings. The minimum atomic E-state index is 0.0356. The average molecular weight is 327 g/mol. The Labute approximate surface area is 121 Å². The van der Waals surface area contributed by atoms with E-state index in [4.69, 9.17) is 4.42 Å². The lowest BCUT2D eigenvalue weighted by atomic mass is 9.99. The van der Waals surface area contributed by atoms with E-state index in [0.29, 0.717) is 16.5 Å². The van der Waals surface area contributed by atoms with Gasteiger partial charge < -0.3 is 9.32 Å². The molecule has 0 aliphatic carbocycles. The molecule has 2 aliphatic heterocycles. The first-order valence-corrected chi connectivity index (χ1v) is 7.73. The van der Waals surface area contributed by atoms with E-state index in [1.165, 1.54) is 25.8 Å². The van der Waals surface area contributed by atoms with Crippen molar-refractivity contribution in [3.63, 3.8) is 0 Å². The number of piperazine rings is 1. The smallest absolute Gasteiger partial charge is 0.289 e. The fourth-order valence-electron chi connectivity index (χ4n) is 3.14. The van der Waals surface area contributed by atoms with Gasteiger partial charge in [-0.3, -0.25) is 9.69 Å². The molecular weight excluding hydrogens is 308 g/mol. The van der Waals surface area contributed by atoms with E-state index < -0.39 is 0 Å². The first kappa shape index (κ1) is 13.2. The molecule has 2 saturated heterocycles. The van der Waals surface area contributed by atoms with Crippen LogP contribution in [0, 0.1) is 6.92 Å². The van der Waals surface area contributed by atoms with E-state index in [1.54, 1.807) is 0 Å². The van der Waals surface area contributed by atoms with Gasteiger partial charge in [0.2, 0.25) is 0 Å². The molecule has 4 nitrogen and oxygen atoms in total. The third-order valence-electron chi connectivity index (χ3n) is 4.21. The van der Waals surface area contributed by atoms with Crippen LogP contribution < -0.4 is 0 Å². The third kappa shape index (κ3) is 2.58. The Balaban J connectivity index is 1.72. The van der Waals surface area contributed by atoms with Crippen molar-refractivity contribution in [2.75, 3.05) is 26.2 Å². The van der Waals surface area contributed by atoms with E-state index in [1.807, 2.05) is 17.9 Å². The monoisotopic (exact) mass is 326 g/mol. The molecule has 0 saturated carbocycles. The Hall–Kier alpha value is -0.810. The van der Waals surface area contributed by atoms with Crippen LogP contribution in [0.4, 0.5) is 0 Å². The summed E-state index contributed by atoms with van der Waals surface area (Å²) >= 11 is 3.29. The highest BCUT2D eigenvalue weighted by Gasteiger charge is 2.32. The highest BCUT2D eigenvalue weighted by atomic mass is 79.9. The van der Waals surface area contributed by atoms with Gasteiger partial charge in [-0.1, -0.05) is 6.42 Å². The summed E-state index contributed by atoms with van der Waals surface area (Å²) < 4.78 is 6.11. The Morgan fingerprint density at radius 3 is 2.95 bits per heavy atom. The number of hydrogen-bond donors (Lipinski definition) is 0. The second kappa shape index (κ2) is 5.29. The van der Waals surface area contributed by atoms with Crippen LogP contribution in [0.3, 0.4) is 0 Å². The molecule has 0 aromatic carbocycles. The zero-order chi connectivity index (χ0) is 13.4. The molecule has 0 unspecified atom stereocenters. The normalized spacial score (nSPS) is 24.3. The number of furan rings is 1. The SMILES string of the molecule is Cc1cc(Br)oc1C(=O)N1CCN2CCCC[C@H]2C1. The Morgan fingerprint density at radius 1 is 1.37 bits per heavy atom. The van der Waals surface area contributed by atoms with Crippen LogP contribution in [0.15, 0.2) is 15.2 Å². The molecule has 0 radical (unpaired) electrons. The number of carbonyl (C=O) groups excluding carboxylic acids is 1. The molecule has 1 atom stereocenters. The van der Waals surface area contributed by atoms with Gasteiger partial charge in [0.1, 0.15) is 0 Å². The number of carbonyl (C=O) groups is 1. The lowest BCUT2D eigenvalue weighted by Crippen LogP contribution is -2.56. The molecule has 2 fully saturated rings. The van der Waals surface area contributed by atoms with Crippen LogP contribution in [-0.2, 0) is 0 Å². The lowest BCUT2D eigenvalue weighted by Gasteiger charge is -2.43. The molecule has 104 valence electrons. The van der Waals surface area contributed by atoms with Crippen molar-refractivity contribution in [3.05, 3.63) is 22.1 Å². The summed E-state index contributed by atoms with van der Waals surface area (Å²) in [6.07, 6.45) is 3.80. The van der Waals surface area contributed by atoms with Crippen LogP contribution in [0.5, 0.6) is 0 Å². The number of nitrogens with zero attached hydrogens (tertiary/aromatic N) is 2. The van der Waals surface area contributed by atoms with Gasteiger partial charge in [0.25, 0.3) is 5.91 Å². The lowest BCUT2D eigenvalue weighted by molar-refractivity contribution is 0.0349. The minimum Gasteiger partial charge on any atom is -0.444 e. The van der Waals surface area contributed by atoms with Gasteiger partial charge in [0.05, 0.1) is 0 Å². The van der Waals surface area contributed by atoms with Crippen molar-refractivity contribution in [3.8, 4) is 0 Å². The second-order valence-electron chi connectivity index (χ2n) is 5.50. The first-order valence-electron chi connectivity index (χ1n) is 6.94. The second-order valence-corrected chi connectivity index (χ2v) is 6.28. The molecule has 1 amide bonds. The highest BCUT2D eigenvalue weighted by molar-refractivity contribution is 9.10. The Morgan fingerprint density at radius 2 is 2.21 bits per heavy atom. The summed E-state index contributed by atoms with van der Waals surface area (Å²) in [4.78, 5) is 17.0. The standard InChI is InChI=1S/C14H19BrN2O2/c1-10-8-12(15)19-13(10)14(18)17-7-6-16-5-3-2-4-11(16)9-17/h8,11H,2-7,9H2,1H3/t11-/m0/s1. The molecule has 1 aromatic heterocycles. The molecular formula is C14H19BrN2O2. The van der Waals surface area contributed by atoms with Gasteiger partial charge in [-0.05, 0) is 48.3 Å². The fraction of sp³-hybridized carbons (Fsp3) is 0.643. The number of rotatable bonds is 1. The van der Waals surface area contributed by atoms with E-state index in [-0.39, 0.29) is 5.91 Å². The fourth-order valence-corrected chi connectivity index (χ4v) is 3.64. The molecule has 3 heterocycles. The number of fused-ring (bicyclic) bond motifs is 1. The van der Waals surface area contributed by atoms with Gasteiger partial charge in [-0.15, -0.1) is 0 Å². The maximum atomic E-state index is 12.5. The number of hydrogen-bond acceptors (Lipinski definition) is 3. The van der Waals surface area contributed by atoms with Crippen molar-refractivity contribution in [2.24, 2.45) is 0 Å². The molecule has 0 bridgehead atoms. The zero-order valence-corrected chi connectivity index (χ0v) is 12.8. The van der Waals surface area contributed by atoms with Gasteiger partial charge in [-0.25, -0.2) is 0 Å². The van der Waals surface area contributed by atoms with E-state index in [9.17, 15) is 4.79 Å². The molecule has 19 heavy (non-hydrogen) atoms. The average Bonchev–Trinajstić information content (AvgIpc) is 2.76. The molecule has 3 rings (SSSR count). The van der Waals surface area contributed by atoms with Gasteiger partial charge in [-0.2, -0.15) is 0 Å². The predicted octanol–water partition coefficient (Wildman–Crippen LogP) is 2.66. The Kier molecular flexibility index (Phi) is 3.67. The van der Waals surface area contributed by atoms with Crippen LogP contribution in [0.1, 0.15) is 35.4 Å². The van der Waals surface area contributed by atoms with Gasteiger partial charge in [0, 0.05) is 31.2 Å². The summed E-state index contributed by atoms with van der Waals surface area (Å²) in [7, 11) is 0. The quantitative estimate of drug-likeness (QED) is 0.796. The number of halogens is 1. The summed E-state index contributed by atoms with van der Waals surface area (Å²) in [5.74, 6) is 0.518. The van der Waals surface area contributed by atoms with Crippen LogP contribution in [0.25, 0.3) is 0 Å². The maximum absolute atomic E-state index is 12.5. The molecule has 0 N–H and O–H groups in total. The third-order valence-corrected chi connectivity index (χ3v) is 4.60. The van der Waals surface area contributed by atoms with Crippen molar-refractivity contribution >= 4 is 21.8 Å². The van der Waals surface area contributed by atoms with Gasteiger partial charge in [0.15, 0.2) is 10.4 Å². The largest absolute Gasteiger partial charge is 0.444 e. The molecule has 1 aromatic rings. The summed E-state index contributed by atoms with van der Waals surface area (Å²) in [6, 6.07) is 2.40. The Bertz CT molecular complexity index is 486. The van der Waals surface area contributed by atoms with E-state index >= 15 is 0 Å². The molecule has 5 heteroatoms. The maximum Gasteiger partial charge on any atom is 0.289 e. The highest BCUT2D eigenvalue weighted by Crippen LogP contribution is 2.25. The summed E-state index contributed by atoms with van der Waals surface area (Å²) in [6.45, 7) is 5.76. The van der Waals surface area contributed by atoms with Crippen LogP contribution in [-0.4, -0.2) is 47.9 Å². The number of aryl methyl sites for hydroxylation is 1. The van der Waals surface area contributed by atoms with Crippen molar-refractivity contribution in [1.82, 2.24) is 9.80 Å². The molecule has 0 spiro atoms. The van der Waals surface area contributed by atoms with Crippen LogP contribution in [0.2, 0.25) is 0 Å². The number of amides is 1. The summed E-state index contributed by atoms with van der Waals surface area (Å²) in [5.41, 5.74) is 0.906. The topological polar surface area (TPSA) is 36.7 Å². The predicted molar refractivity (Wildman–Crippen MR) is 76.3 cm³/mol.